The zero-order chi connectivity index (χ0) is 24.4. The standard InChI is InChI=1S/C27H24ClN5O2/c1-17-8-3-6-13-23(17)32-26(34)24-18(2)31-27-29-16-30-33(27)25(24)19-10-7-11-21(14-19)35-15-20-9-4-5-12-22(20)28/h3-14,16,25H,15H2,1-2H3,(H,32,34)(H,29,30,31). The van der Waals surface area contributed by atoms with Crippen molar-refractivity contribution in [3.05, 3.63) is 112 Å². The minimum atomic E-state index is -0.485. The lowest BCUT2D eigenvalue weighted by molar-refractivity contribution is -0.113. The summed E-state index contributed by atoms with van der Waals surface area (Å²) in [5.41, 5.74) is 4.75. The van der Waals surface area contributed by atoms with Gasteiger partial charge in [0, 0.05) is 22.0 Å². The number of benzene rings is 3. The molecular formula is C27H24ClN5O2. The average Bonchev–Trinajstić information content (AvgIpc) is 3.32. The van der Waals surface area contributed by atoms with Crippen LogP contribution in [-0.4, -0.2) is 20.7 Å². The van der Waals surface area contributed by atoms with Crippen LogP contribution in [0.4, 0.5) is 11.6 Å². The number of allylic oxidation sites excluding steroid dienone is 1. The van der Waals surface area contributed by atoms with Gasteiger partial charge in [-0.3, -0.25) is 4.79 Å². The number of fused-ring (bicyclic) bond motifs is 1. The third kappa shape index (κ3) is 4.63. The summed E-state index contributed by atoms with van der Waals surface area (Å²) in [6, 6.07) is 22.5. The number of hydrogen-bond acceptors (Lipinski definition) is 5. The molecule has 4 aromatic rings. The Labute approximate surface area is 208 Å². The fraction of sp³-hybridized carbons (Fsp3) is 0.148. The van der Waals surface area contributed by atoms with Gasteiger partial charge in [0.25, 0.3) is 5.91 Å². The van der Waals surface area contributed by atoms with E-state index in [2.05, 4.69) is 20.7 Å². The van der Waals surface area contributed by atoms with Crippen LogP contribution < -0.4 is 15.4 Å². The summed E-state index contributed by atoms with van der Waals surface area (Å²) >= 11 is 6.28. The highest BCUT2D eigenvalue weighted by Crippen LogP contribution is 2.36. The van der Waals surface area contributed by atoms with E-state index in [1.165, 1.54) is 6.33 Å². The molecule has 35 heavy (non-hydrogen) atoms. The van der Waals surface area contributed by atoms with Crippen LogP contribution >= 0.6 is 11.6 Å². The second kappa shape index (κ2) is 9.64. The van der Waals surface area contributed by atoms with Crippen molar-refractivity contribution < 1.29 is 9.53 Å². The molecule has 8 heteroatoms. The molecule has 0 aliphatic carbocycles. The number of ether oxygens (including phenoxy) is 1. The summed E-state index contributed by atoms with van der Waals surface area (Å²) in [7, 11) is 0. The number of halogens is 1. The molecule has 1 unspecified atom stereocenters. The average molecular weight is 486 g/mol. The summed E-state index contributed by atoms with van der Waals surface area (Å²) < 4.78 is 7.76. The van der Waals surface area contributed by atoms with Gasteiger partial charge < -0.3 is 15.4 Å². The summed E-state index contributed by atoms with van der Waals surface area (Å²) in [5, 5.41) is 11.3. The van der Waals surface area contributed by atoms with Crippen LogP contribution in [0.3, 0.4) is 0 Å². The molecule has 0 saturated heterocycles. The van der Waals surface area contributed by atoms with Gasteiger partial charge >= 0.3 is 0 Å². The fourth-order valence-corrected chi connectivity index (χ4v) is 4.34. The number of amides is 1. The Hall–Kier alpha value is -4.10. The Morgan fingerprint density at radius 3 is 2.71 bits per heavy atom. The van der Waals surface area contributed by atoms with Crippen LogP contribution in [0.1, 0.15) is 29.7 Å². The second-order valence-electron chi connectivity index (χ2n) is 8.32. The lowest BCUT2D eigenvalue weighted by Gasteiger charge is -2.29. The number of hydrogen-bond donors (Lipinski definition) is 2. The molecule has 0 saturated carbocycles. The molecule has 5 rings (SSSR count). The van der Waals surface area contributed by atoms with E-state index >= 15 is 0 Å². The number of anilines is 2. The van der Waals surface area contributed by atoms with E-state index in [0.717, 1.165) is 22.4 Å². The number of para-hydroxylation sites is 1. The highest BCUT2D eigenvalue weighted by molar-refractivity contribution is 6.31. The summed E-state index contributed by atoms with van der Waals surface area (Å²) in [5.74, 6) is 1.03. The zero-order valence-corrected chi connectivity index (χ0v) is 20.1. The number of carbonyl (C=O) groups excluding carboxylic acids is 1. The van der Waals surface area contributed by atoms with Gasteiger partial charge in [-0.15, -0.1) is 0 Å². The topological polar surface area (TPSA) is 81.1 Å². The van der Waals surface area contributed by atoms with Crippen molar-refractivity contribution >= 4 is 29.1 Å². The van der Waals surface area contributed by atoms with Gasteiger partial charge in [0.15, 0.2) is 0 Å². The number of aromatic nitrogens is 3. The minimum absolute atomic E-state index is 0.210. The van der Waals surface area contributed by atoms with Crippen LogP contribution in [0.25, 0.3) is 0 Å². The normalized spacial score (nSPS) is 14.8. The molecule has 2 N–H and O–H groups in total. The molecular weight excluding hydrogens is 462 g/mol. The number of nitrogens with zero attached hydrogens (tertiary/aromatic N) is 3. The maximum atomic E-state index is 13.6. The quantitative estimate of drug-likeness (QED) is 0.363. The first-order valence-corrected chi connectivity index (χ1v) is 11.6. The van der Waals surface area contributed by atoms with Gasteiger partial charge in [-0.05, 0) is 49.2 Å². The third-order valence-electron chi connectivity index (χ3n) is 5.96. The maximum absolute atomic E-state index is 13.6. The Morgan fingerprint density at radius 1 is 1.09 bits per heavy atom. The van der Waals surface area contributed by atoms with Crippen molar-refractivity contribution in [3.63, 3.8) is 0 Å². The molecule has 0 bridgehead atoms. The van der Waals surface area contributed by atoms with Crippen LogP contribution in [0.15, 0.2) is 90.4 Å². The molecule has 1 aliphatic rings. The van der Waals surface area contributed by atoms with Crippen LogP contribution in [0.2, 0.25) is 5.02 Å². The van der Waals surface area contributed by atoms with Crippen LogP contribution in [0, 0.1) is 6.92 Å². The first-order chi connectivity index (χ1) is 17.0. The number of rotatable bonds is 6. The first-order valence-electron chi connectivity index (χ1n) is 11.2. The second-order valence-corrected chi connectivity index (χ2v) is 8.72. The molecule has 1 aliphatic heterocycles. The van der Waals surface area contributed by atoms with Crippen molar-refractivity contribution in [2.24, 2.45) is 0 Å². The lowest BCUT2D eigenvalue weighted by atomic mass is 9.94. The smallest absolute Gasteiger partial charge is 0.255 e. The van der Waals surface area contributed by atoms with Gasteiger partial charge in [0.1, 0.15) is 24.7 Å². The Morgan fingerprint density at radius 2 is 1.89 bits per heavy atom. The molecule has 2 heterocycles. The minimum Gasteiger partial charge on any atom is -0.489 e. The molecule has 0 spiro atoms. The number of aryl methyl sites for hydroxylation is 1. The van der Waals surface area contributed by atoms with Crippen LogP contribution in [-0.2, 0) is 11.4 Å². The summed E-state index contributed by atoms with van der Waals surface area (Å²) in [4.78, 5) is 17.9. The summed E-state index contributed by atoms with van der Waals surface area (Å²) in [6.07, 6.45) is 1.47. The summed E-state index contributed by atoms with van der Waals surface area (Å²) in [6.45, 7) is 4.16. The zero-order valence-electron chi connectivity index (χ0n) is 19.3. The van der Waals surface area contributed by atoms with Gasteiger partial charge in [-0.25, -0.2) is 4.68 Å². The highest BCUT2D eigenvalue weighted by atomic mass is 35.5. The van der Waals surface area contributed by atoms with Crippen molar-refractivity contribution in [2.45, 2.75) is 26.5 Å². The predicted molar refractivity (Wildman–Crippen MR) is 137 cm³/mol. The highest BCUT2D eigenvalue weighted by Gasteiger charge is 2.33. The molecule has 0 radical (unpaired) electrons. The fourth-order valence-electron chi connectivity index (χ4n) is 4.15. The monoisotopic (exact) mass is 485 g/mol. The molecule has 3 aromatic carbocycles. The molecule has 1 aromatic heterocycles. The van der Waals surface area contributed by atoms with Crippen molar-refractivity contribution in [1.82, 2.24) is 14.8 Å². The van der Waals surface area contributed by atoms with E-state index in [4.69, 9.17) is 16.3 Å². The maximum Gasteiger partial charge on any atom is 0.255 e. The van der Waals surface area contributed by atoms with Crippen molar-refractivity contribution in [3.8, 4) is 5.75 Å². The Balaban J connectivity index is 1.48. The Bertz CT molecular complexity index is 1430. The third-order valence-corrected chi connectivity index (χ3v) is 6.33. The number of nitrogens with one attached hydrogen (secondary N) is 2. The Kier molecular flexibility index (Phi) is 6.25. The molecule has 176 valence electrons. The predicted octanol–water partition coefficient (Wildman–Crippen LogP) is 5.75. The number of carbonyl (C=O) groups is 1. The van der Waals surface area contributed by atoms with Gasteiger partial charge in [0.05, 0.1) is 5.57 Å². The van der Waals surface area contributed by atoms with Gasteiger partial charge in [-0.1, -0.05) is 60.1 Å². The molecule has 7 nitrogen and oxygen atoms in total. The van der Waals surface area contributed by atoms with E-state index in [1.807, 2.05) is 86.6 Å². The van der Waals surface area contributed by atoms with E-state index in [9.17, 15) is 4.79 Å². The molecule has 1 amide bonds. The molecule has 0 fully saturated rings. The first kappa shape index (κ1) is 22.7. The lowest BCUT2D eigenvalue weighted by Crippen LogP contribution is -2.31. The van der Waals surface area contributed by atoms with Crippen molar-refractivity contribution in [2.75, 3.05) is 10.6 Å². The van der Waals surface area contributed by atoms with Crippen LogP contribution in [0.5, 0.6) is 5.75 Å². The van der Waals surface area contributed by atoms with E-state index in [-0.39, 0.29) is 5.91 Å². The molecule has 1 atom stereocenters. The van der Waals surface area contributed by atoms with E-state index in [1.54, 1.807) is 4.68 Å². The van der Waals surface area contributed by atoms with Gasteiger partial charge in [0.2, 0.25) is 5.95 Å². The largest absolute Gasteiger partial charge is 0.489 e. The van der Waals surface area contributed by atoms with Crippen molar-refractivity contribution in [1.29, 1.82) is 0 Å². The van der Waals surface area contributed by atoms with E-state index < -0.39 is 6.04 Å². The van der Waals surface area contributed by atoms with E-state index in [0.29, 0.717) is 34.6 Å². The SMILES string of the molecule is CC1=C(C(=O)Nc2ccccc2C)C(c2cccc(OCc3ccccc3Cl)c2)n2ncnc2N1. The van der Waals surface area contributed by atoms with Gasteiger partial charge in [-0.2, -0.15) is 10.1 Å².